The highest BCUT2D eigenvalue weighted by molar-refractivity contribution is 5.94. The molecule has 3 N–H and O–H groups in total. The molecule has 1 amide bonds. The number of aryl methyl sites for hydroxylation is 2. The first-order valence-electron chi connectivity index (χ1n) is 8.15. The van der Waals surface area contributed by atoms with Crippen LogP contribution < -0.4 is 5.32 Å². The van der Waals surface area contributed by atoms with E-state index < -0.39 is 0 Å². The Kier molecular flexibility index (Phi) is 3.45. The predicted octanol–water partition coefficient (Wildman–Crippen LogP) is 0.874. The van der Waals surface area contributed by atoms with Crippen molar-refractivity contribution in [2.75, 3.05) is 0 Å². The van der Waals surface area contributed by atoms with Gasteiger partial charge in [0.2, 0.25) is 0 Å². The Labute approximate surface area is 134 Å². The minimum atomic E-state index is -0.259. The quantitative estimate of drug-likeness (QED) is 0.780. The minimum Gasteiger partial charge on any atom is -0.393 e. The Morgan fingerprint density at radius 2 is 2.30 bits per heavy atom. The Morgan fingerprint density at radius 3 is 3.00 bits per heavy atom. The lowest BCUT2D eigenvalue weighted by atomic mass is 9.75. The van der Waals surface area contributed by atoms with E-state index in [4.69, 9.17) is 0 Å². The van der Waals surface area contributed by atoms with E-state index >= 15 is 0 Å². The number of rotatable bonds is 4. The number of hydrogen-bond acceptors (Lipinski definition) is 4. The van der Waals surface area contributed by atoms with E-state index in [2.05, 4.69) is 20.6 Å². The van der Waals surface area contributed by atoms with Crippen molar-refractivity contribution >= 4 is 5.91 Å². The van der Waals surface area contributed by atoms with Crippen LogP contribution in [0, 0.1) is 5.92 Å². The van der Waals surface area contributed by atoms with Crippen molar-refractivity contribution < 1.29 is 9.90 Å². The molecular formula is C16H21N5O2. The number of fused-ring (bicyclic) bond motifs is 1. The van der Waals surface area contributed by atoms with Crippen LogP contribution in [0.4, 0.5) is 0 Å². The molecule has 1 saturated carbocycles. The van der Waals surface area contributed by atoms with E-state index in [1.165, 1.54) is 0 Å². The van der Waals surface area contributed by atoms with E-state index in [9.17, 15) is 9.90 Å². The molecular weight excluding hydrogens is 294 g/mol. The molecule has 7 nitrogen and oxygen atoms in total. The number of carbonyl (C=O) groups excluding carboxylic acids is 1. The van der Waals surface area contributed by atoms with Crippen LogP contribution in [0.1, 0.15) is 52.6 Å². The summed E-state index contributed by atoms with van der Waals surface area (Å²) < 4.78 is 1.73. The Balaban J connectivity index is 1.56. The molecule has 23 heavy (non-hydrogen) atoms. The molecule has 1 fully saturated rings. The van der Waals surface area contributed by atoms with Gasteiger partial charge in [0.05, 0.1) is 18.3 Å². The van der Waals surface area contributed by atoms with Crippen LogP contribution in [-0.2, 0) is 19.9 Å². The zero-order valence-electron chi connectivity index (χ0n) is 13.1. The zero-order valence-corrected chi connectivity index (χ0v) is 13.1. The second-order valence-electron chi connectivity index (χ2n) is 6.67. The molecule has 7 heteroatoms. The number of aromatic nitrogens is 4. The molecule has 2 aromatic heterocycles. The second kappa shape index (κ2) is 5.49. The van der Waals surface area contributed by atoms with Gasteiger partial charge in [-0.2, -0.15) is 10.2 Å². The number of aromatic amines is 1. The molecule has 4 rings (SSSR count). The van der Waals surface area contributed by atoms with Gasteiger partial charge in [0, 0.05) is 30.1 Å². The monoisotopic (exact) mass is 315 g/mol. The standard InChI is InChI=1S/C16H21N5O2/c1-21-8-10(7-17-21)14(9-5-11(22)6-9)18-16(23)15-12-3-2-4-13(12)19-20-15/h7-9,11,14,22H,2-6H2,1H3,(H,18,23)(H,19,20)/t9?,11?,14-/m0/s1. The summed E-state index contributed by atoms with van der Waals surface area (Å²) in [4.78, 5) is 12.7. The molecule has 0 saturated heterocycles. The Hall–Kier alpha value is -2.15. The molecule has 1 atom stereocenters. The van der Waals surface area contributed by atoms with Gasteiger partial charge in [0.15, 0.2) is 5.69 Å². The molecule has 0 radical (unpaired) electrons. The average Bonchev–Trinajstić information content (AvgIpc) is 3.17. The highest BCUT2D eigenvalue weighted by Gasteiger charge is 2.37. The van der Waals surface area contributed by atoms with Crippen LogP contribution in [0.2, 0.25) is 0 Å². The lowest BCUT2D eigenvalue weighted by Gasteiger charge is -2.37. The summed E-state index contributed by atoms with van der Waals surface area (Å²) in [5.41, 5.74) is 3.64. The largest absolute Gasteiger partial charge is 0.393 e. The van der Waals surface area contributed by atoms with Crippen LogP contribution in [0.3, 0.4) is 0 Å². The van der Waals surface area contributed by atoms with Crippen LogP contribution in [0.25, 0.3) is 0 Å². The van der Waals surface area contributed by atoms with E-state index in [0.29, 0.717) is 18.5 Å². The zero-order chi connectivity index (χ0) is 16.0. The first kappa shape index (κ1) is 14.4. The minimum absolute atomic E-state index is 0.131. The van der Waals surface area contributed by atoms with Crippen molar-refractivity contribution in [3.63, 3.8) is 0 Å². The molecule has 2 aliphatic carbocycles. The third kappa shape index (κ3) is 2.55. The topological polar surface area (TPSA) is 95.8 Å². The van der Waals surface area contributed by atoms with Gasteiger partial charge in [-0.15, -0.1) is 0 Å². The molecule has 0 aliphatic heterocycles. The van der Waals surface area contributed by atoms with Gasteiger partial charge in [-0.05, 0) is 38.0 Å². The fraction of sp³-hybridized carbons (Fsp3) is 0.562. The SMILES string of the molecule is Cn1cc([C@@H](NC(=O)c2n[nH]c3c2CCC3)C2CC(O)C2)cn1. The van der Waals surface area contributed by atoms with Gasteiger partial charge in [0.25, 0.3) is 5.91 Å². The van der Waals surface area contributed by atoms with Gasteiger partial charge >= 0.3 is 0 Å². The van der Waals surface area contributed by atoms with Gasteiger partial charge in [-0.1, -0.05) is 0 Å². The molecule has 2 aromatic rings. The Morgan fingerprint density at radius 1 is 1.48 bits per heavy atom. The van der Waals surface area contributed by atoms with Gasteiger partial charge < -0.3 is 10.4 Å². The fourth-order valence-electron chi connectivity index (χ4n) is 3.69. The summed E-state index contributed by atoms with van der Waals surface area (Å²) in [6.07, 6.45) is 7.81. The normalized spacial score (nSPS) is 24.1. The van der Waals surface area contributed by atoms with E-state index in [0.717, 1.165) is 36.1 Å². The Bertz CT molecular complexity index is 729. The number of aliphatic hydroxyl groups is 1. The smallest absolute Gasteiger partial charge is 0.272 e. The maximum absolute atomic E-state index is 12.7. The predicted molar refractivity (Wildman–Crippen MR) is 82.8 cm³/mol. The van der Waals surface area contributed by atoms with Crippen LogP contribution in [0.15, 0.2) is 12.4 Å². The van der Waals surface area contributed by atoms with Gasteiger partial charge in [-0.3, -0.25) is 14.6 Å². The second-order valence-corrected chi connectivity index (χ2v) is 6.67. The van der Waals surface area contributed by atoms with Crippen LogP contribution in [0.5, 0.6) is 0 Å². The maximum Gasteiger partial charge on any atom is 0.272 e. The molecule has 2 aliphatic rings. The molecule has 122 valence electrons. The first-order chi connectivity index (χ1) is 11.1. The summed E-state index contributed by atoms with van der Waals surface area (Å²) in [5.74, 6) is 0.102. The first-order valence-corrected chi connectivity index (χ1v) is 8.15. The average molecular weight is 315 g/mol. The summed E-state index contributed by atoms with van der Waals surface area (Å²) >= 11 is 0. The third-order valence-electron chi connectivity index (χ3n) is 5.01. The van der Waals surface area contributed by atoms with Crippen molar-refractivity contribution in [2.24, 2.45) is 13.0 Å². The lowest BCUT2D eigenvalue weighted by Crippen LogP contribution is -2.41. The number of nitrogens with one attached hydrogen (secondary N) is 2. The van der Waals surface area contributed by atoms with Crippen molar-refractivity contribution in [1.29, 1.82) is 0 Å². The number of aliphatic hydroxyl groups excluding tert-OH is 1. The summed E-state index contributed by atoms with van der Waals surface area (Å²) in [7, 11) is 1.86. The van der Waals surface area contributed by atoms with Crippen molar-refractivity contribution in [2.45, 2.75) is 44.2 Å². The number of amides is 1. The maximum atomic E-state index is 12.7. The molecule has 0 unspecified atom stereocenters. The lowest BCUT2D eigenvalue weighted by molar-refractivity contribution is 0.0234. The van der Waals surface area contributed by atoms with Gasteiger partial charge in [-0.25, -0.2) is 0 Å². The van der Waals surface area contributed by atoms with Gasteiger partial charge in [0.1, 0.15) is 0 Å². The third-order valence-corrected chi connectivity index (χ3v) is 5.01. The molecule has 0 bridgehead atoms. The summed E-state index contributed by atoms with van der Waals surface area (Å²) in [6, 6.07) is -0.131. The van der Waals surface area contributed by atoms with Crippen molar-refractivity contribution in [3.05, 3.63) is 34.9 Å². The fourth-order valence-corrected chi connectivity index (χ4v) is 3.69. The molecule has 0 aromatic carbocycles. The van der Waals surface area contributed by atoms with E-state index in [1.807, 2.05) is 13.2 Å². The highest BCUT2D eigenvalue weighted by Crippen LogP contribution is 2.38. The van der Waals surface area contributed by atoms with E-state index in [-0.39, 0.29) is 24.0 Å². The molecule has 0 spiro atoms. The molecule has 2 heterocycles. The number of H-pyrrole nitrogens is 1. The van der Waals surface area contributed by atoms with Crippen LogP contribution >= 0.6 is 0 Å². The number of carbonyl (C=O) groups is 1. The summed E-state index contributed by atoms with van der Waals surface area (Å²) in [6.45, 7) is 0. The van der Waals surface area contributed by atoms with E-state index in [1.54, 1.807) is 10.9 Å². The van der Waals surface area contributed by atoms with Crippen molar-refractivity contribution in [3.8, 4) is 0 Å². The van der Waals surface area contributed by atoms with Crippen molar-refractivity contribution in [1.82, 2.24) is 25.3 Å². The van der Waals surface area contributed by atoms with Crippen LogP contribution in [-0.4, -0.2) is 37.1 Å². The number of hydrogen-bond donors (Lipinski definition) is 3. The number of nitrogens with zero attached hydrogens (tertiary/aromatic N) is 3. The highest BCUT2D eigenvalue weighted by atomic mass is 16.3. The summed E-state index contributed by atoms with van der Waals surface area (Å²) in [5, 5.41) is 24.1.